The third kappa shape index (κ3) is 3.50. The van der Waals surface area contributed by atoms with Gasteiger partial charge in [0.05, 0.1) is 11.6 Å². The summed E-state index contributed by atoms with van der Waals surface area (Å²) in [4.78, 5) is 0. The summed E-state index contributed by atoms with van der Waals surface area (Å²) in [6, 6.07) is 6.08. The van der Waals surface area contributed by atoms with Crippen molar-refractivity contribution < 1.29 is 5.11 Å². The molecule has 2 nitrogen and oxygen atoms in total. The van der Waals surface area contributed by atoms with E-state index in [1.54, 1.807) is 13.8 Å². The summed E-state index contributed by atoms with van der Waals surface area (Å²) in [6.45, 7) is 7.63. The predicted molar refractivity (Wildman–Crippen MR) is 68.3 cm³/mol. The number of benzene rings is 1. The summed E-state index contributed by atoms with van der Waals surface area (Å²) in [5.41, 5.74) is 1.50. The molecule has 3 heteroatoms. The van der Waals surface area contributed by atoms with Crippen molar-refractivity contribution in [3.05, 3.63) is 28.2 Å². The largest absolute Gasteiger partial charge is 0.388 e. The zero-order chi connectivity index (χ0) is 11.6. The quantitative estimate of drug-likeness (QED) is 0.884. The molecule has 0 aliphatic heterocycles. The molecule has 0 bridgehead atoms. The minimum absolute atomic E-state index is 0.00509. The van der Waals surface area contributed by atoms with Crippen LogP contribution in [-0.4, -0.2) is 16.7 Å². The molecular weight excluding hydrogens is 254 g/mol. The van der Waals surface area contributed by atoms with Crippen LogP contribution in [0.25, 0.3) is 0 Å². The third-order valence-electron chi connectivity index (χ3n) is 2.63. The van der Waals surface area contributed by atoms with Gasteiger partial charge < -0.3 is 10.4 Å². The van der Waals surface area contributed by atoms with Crippen LogP contribution >= 0.6 is 15.9 Å². The SMILES string of the molecule is Cc1ccc(Br)cc1NC(C)C(C)(C)O. The fourth-order valence-electron chi connectivity index (χ4n) is 1.16. The maximum absolute atomic E-state index is 9.83. The molecule has 84 valence electrons. The standard InChI is InChI=1S/C12H18BrNO/c1-8-5-6-10(13)7-11(8)14-9(2)12(3,4)15/h5-7,9,14-15H,1-4H3. The molecule has 0 saturated carbocycles. The Bertz CT molecular complexity index is 344. The van der Waals surface area contributed by atoms with Gasteiger partial charge in [-0.05, 0) is 45.4 Å². The van der Waals surface area contributed by atoms with E-state index < -0.39 is 5.60 Å². The molecule has 0 radical (unpaired) electrons. The Balaban J connectivity index is 2.85. The second-order valence-electron chi connectivity index (χ2n) is 4.48. The second-order valence-corrected chi connectivity index (χ2v) is 5.39. The lowest BCUT2D eigenvalue weighted by Gasteiger charge is -2.28. The lowest BCUT2D eigenvalue weighted by Crippen LogP contribution is -2.39. The minimum Gasteiger partial charge on any atom is -0.388 e. The molecule has 1 rings (SSSR count). The Labute approximate surface area is 99.8 Å². The van der Waals surface area contributed by atoms with Crippen LogP contribution in [0.5, 0.6) is 0 Å². The molecule has 0 heterocycles. The van der Waals surface area contributed by atoms with Crippen molar-refractivity contribution in [3.63, 3.8) is 0 Å². The van der Waals surface area contributed by atoms with Gasteiger partial charge in [0.25, 0.3) is 0 Å². The molecule has 0 aromatic heterocycles. The molecule has 15 heavy (non-hydrogen) atoms. The van der Waals surface area contributed by atoms with E-state index in [2.05, 4.69) is 21.2 Å². The molecule has 0 saturated heterocycles. The van der Waals surface area contributed by atoms with Gasteiger partial charge in [0.2, 0.25) is 0 Å². The first-order valence-electron chi connectivity index (χ1n) is 5.06. The molecular formula is C12H18BrNO. The Morgan fingerprint density at radius 1 is 1.40 bits per heavy atom. The zero-order valence-corrected chi connectivity index (χ0v) is 11.2. The molecule has 0 spiro atoms. The van der Waals surface area contributed by atoms with E-state index in [0.717, 1.165) is 10.2 Å². The molecule has 0 amide bonds. The second kappa shape index (κ2) is 4.54. The van der Waals surface area contributed by atoms with E-state index in [4.69, 9.17) is 0 Å². The van der Waals surface area contributed by atoms with E-state index >= 15 is 0 Å². The Morgan fingerprint density at radius 3 is 2.53 bits per heavy atom. The number of hydrogen-bond donors (Lipinski definition) is 2. The molecule has 0 fully saturated rings. The fourth-order valence-corrected chi connectivity index (χ4v) is 1.52. The molecule has 1 aromatic rings. The highest BCUT2D eigenvalue weighted by Crippen LogP contribution is 2.23. The number of aliphatic hydroxyl groups is 1. The maximum Gasteiger partial charge on any atom is 0.0789 e. The van der Waals surface area contributed by atoms with Gasteiger partial charge in [0.15, 0.2) is 0 Å². The molecule has 2 N–H and O–H groups in total. The van der Waals surface area contributed by atoms with E-state index in [0.29, 0.717) is 0 Å². The molecule has 0 aliphatic carbocycles. The van der Waals surface area contributed by atoms with Crippen LogP contribution < -0.4 is 5.32 Å². The zero-order valence-electron chi connectivity index (χ0n) is 9.63. The van der Waals surface area contributed by atoms with Crippen molar-refractivity contribution in [1.29, 1.82) is 0 Å². The van der Waals surface area contributed by atoms with Crippen molar-refractivity contribution in [2.24, 2.45) is 0 Å². The van der Waals surface area contributed by atoms with Crippen molar-refractivity contribution in [2.75, 3.05) is 5.32 Å². The molecule has 1 aromatic carbocycles. The predicted octanol–water partition coefficient (Wildman–Crippen LogP) is 3.33. The maximum atomic E-state index is 9.83. The Kier molecular flexibility index (Phi) is 3.79. The molecule has 0 aliphatic rings. The van der Waals surface area contributed by atoms with Crippen LogP contribution in [0, 0.1) is 6.92 Å². The topological polar surface area (TPSA) is 32.3 Å². The number of anilines is 1. The van der Waals surface area contributed by atoms with Crippen molar-refractivity contribution in [2.45, 2.75) is 39.3 Å². The van der Waals surface area contributed by atoms with Gasteiger partial charge in [0.1, 0.15) is 0 Å². The number of nitrogens with one attached hydrogen (secondary N) is 1. The smallest absolute Gasteiger partial charge is 0.0789 e. The molecule has 1 unspecified atom stereocenters. The van der Waals surface area contributed by atoms with Crippen LogP contribution in [0.4, 0.5) is 5.69 Å². The number of rotatable bonds is 3. The van der Waals surface area contributed by atoms with Crippen LogP contribution in [0.2, 0.25) is 0 Å². The highest BCUT2D eigenvalue weighted by molar-refractivity contribution is 9.10. The van der Waals surface area contributed by atoms with Gasteiger partial charge in [-0.1, -0.05) is 22.0 Å². The first-order chi connectivity index (χ1) is 6.80. The summed E-state index contributed by atoms with van der Waals surface area (Å²) in [5.74, 6) is 0. The number of hydrogen-bond acceptors (Lipinski definition) is 2. The van der Waals surface area contributed by atoms with Gasteiger partial charge >= 0.3 is 0 Å². The van der Waals surface area contributed by atoms with Crippen molar-refractivity contribution in [1.82, 2.24) is 0 Å². The minimum atomic E-state index is -0.727. The van der Waals surface area contributed by atoms with E-state index in [-0.39, 0.29) is 6.04 Å². The average molecular weight is 272 g/mol. The molecule has 1 atom stereocenters. The third-order valence-corrected chi connectivity index (χ3v) is 3.12. The highest BCUT2D eigenvalue weighted by Gasteiger charge is 2.22. The first kappa shape index (κ1) is 12.5. The number of aryl methyl sites for hydroxylation is 1. The lowest BCUT2D eigenvalue weighted by molar-refractivity contribution is 0.0649. The van der Waals surface area contributed by atoms with Crippen LogP contribution in [0.1, 0.15) is 26.3 Å². The summed E-state index contributed by atoms with van der Waals surface area (Å²) in [5, 5.41) is 13.1. The van der Waals surface area contributed by atoms with Gasteiger partial charge in [-0.2, -0.15) is 0 Å². The Hall–Kier alpha value is -0.540. The van der Waals surface area contributed by atoms with Gasteiger partial charge in [0, 0.05) is 10.2 Å². The highest BCUT2D eigenvalue weighted by atomic mass is 79.9. The average Bonchev–Trinajstić information content (AvgIpc) is 2.09. The summed E-state index contributed by atoms with van der Waals surface area (Å²) in [6.07, 6.45) is 0. The fraction of sp³-hybridized carbons (Fsp3) is 0.500. The number of halogens is 1. The summed E-state index contributed by atoms with van der Waals surface area (Å²) < 4.78 is 1.04. The van der Waals surface area contributed by atoms with E-state index in [9.17, 15) is 5.11 Å². The van der Waals surface area contributed by atoms with Gasteiger partial charge in [-0.15, -0.1) is 0 Å². The van der Waals surface area contributed by atoms with Crippen LogP contribution in [0.3, 0.4) is 0 Å². The monoisotopic (exact) mass is 271 g/mol. The Morgan fingerprint density at radius 2 is 2.00 bits per heavy atom. The normalized spacial score (nSPS) is 13.7. The van der Waals surface area contributed by atoms with Crippen molar-refractivity contribution >= 4 is 21.6 Å². The van der Waals surface area contributed by atoms with E-state index in [1.807, 2.05) is 32.0 Å². The summed E-state index contributed by atoms with van der Waals surface area (Å²) >= 11 is 3.43. The van der Waals surface area contributed by atoms with Crippen LogP contribution in [-0.2, 0) is 0 Å². The van der Waals surface area contributed by atoms with E-state index in [1.165, 1.54) is 5.56 Å². The van der Waals surface area contributed by atoms with Crippen LogP contribution in [0.15, 0.2) is 22.7 Å². The summed E-state index contributed by atoms with van der Waals surface area (Å²) in [7, 11) is 0. The first-order valence-corrected chi connectivity index (χ1v) is 5.85. The lowest BCUT2D eigenvalue weighted by atomic mass is 10.00. The van der Waals surface area contributed by atoms with Gasteiger partial charge in [-0.25, -0.2) is 0 Å². The van der Waals surface area contributed by atoms with Crippen molar-refractivity contribution in [3.8, 4) is 0 Å². The van der Waals surface area contributed by atoms with Gasteiger partial charge in [-0.3, -0.25) is 0 Å².